The van der Waals surface area contributed by atoms with Gasteiger partial charge < -0.3 is 19.5 Å². The highest BCUT2D eigenvalue weighted by atomic mass is 79.9. The Kier molecular flexibility index (Phi) is 11.8. The van der Waals surface area contributed by atoms with Crippen LogP contribution in [-0.4, -0.2) is 57.7 Å². The molecule has 1 saturated heterocycles. The fraction of sp³-hybridized carbons (Fsp3) is 0.265. The molecule has 0 saturated carbocycles. The topological polar surface area (TPSA) is 124 Å². The van der Waals surface area contributed by atoms with Gasteiger partial charge in [-0.2, -0.15) is 0 Å². The quantitative estimate of drug-likeness (QED) is 0.120. The van der Waals surface area contributed by atoms with Gasteiger partial charge in [-0.15, -0.1) is 11.3 Å². The first-order chi connectivity index (χ1) is 22.8. The summed E-state index contributed by atoms with van der Waals surface area (Å²) in [6, 6.07) is 19.6. The minimum atomic E-state index is -3.78. The third-order valence-electron chi connectivity index (χ3n) is 7.28. The monoisotopic (exact) mass is 739 g/mol. The molecule has 47 heavy (non-hydrogen) atoms. The van der Waals surface area contributed by atoms with Crippen molar-refractivity contribution >= 4 is 54.9 Å². The van der Waals surface area contributed by atoms with E-state index in [4.69, 9.17) is 14.2 Å². The van der Waals surface area contributed by atoms with E-state index in [1.807, 2.05) is 24.3 Å². The maximum atomic E-state index is 14.0. The number of nitrogens with zero attached hydrogens (tertiary/aromatic N) is 2. The highest BCUT2D eigenvalue weighted by Crippen LogP contribution is 2.47. The van der Waals surface area contributed by atoms with E-state index in [0.29, 0.717) is 57.7 Å². The van der Waals surface area contributed by atoms with Crippen LogP contribution in [-0.2, 0) is 36.7 Å². The van der Waals surface area contributed by atoms with Crippen molar-refractivity contribution in [3.05, 3.63) is 112 Å². The predicted octanol–water partition coefficient (Wildman–Crippen LogP) is 6.13. The number of benzene rings is 2. The van der Waals surface area contributed by atoms with E-state index in [1.54, 1.807) is 59.2 Å². The summed E-state index contributed by atoms with van der Waals surface area (Å²) in [5, 5.41) is 3.31. The lowest BCUT2D eigenvalue weighted by atomic mass is 10.1. The fourth-order valence-corrected chi connectivity index (χ4v) is 8.94. The second-order valence-electron chi connectivity index (χ2n) is 10.7. The van der Waals surface area contributed by atoms with Gasteiger partial charge in [0.25, 0.3) is 0 Å². The average molecular weight is 741 g/mol. The molecule has 0 bridgehead atoms. The van der Waals surface area contributed by atoms with Crippen LogP contribution in [0.1, 0.15) is 33.6 Å². The number of anilines is 1. The van der Waals surface area contributed by atoms with Gasteiger partial charge in [0.05, 0.1) is 20.8 Å². The molecule has 246 valence electrons. The highest BCUT2D eigenvalue weighted by Gasteiger charge is 2.32. The van der Waals surface area contributed by atoms with Gasteiger partial charge in [0.2, 0.25) is 10.0 Å². The first kappa shape index (κ1) is 34.3. The van der Waals surface area contributed by atoms with E-state index in [-0.39, 0.29) is 35.6 Å². The van der Waals surface area contributed by atoms with Crippen LogP contribution in [0, 0.1) is 0 Å². The molecule has 10 nitrogen and oxygen atoms in total. The Morgan fingerprint density at radius 1 is 1.04 bits per heavy atom. The van der Waals surface area contributed by atoms with Crippen molar-refractivity contribution in [1.29, 1.82) is 0 Å². The molecule has 1 N–H and O–H groups in total. The van der Waals surface area contributed by atoms with Crippen molar-refractivity contribution < 1.29 is 32.2 Å². The van der Waals surface area contributed by atoms with Crippen molar-refractivity contribution in [1.82, 2.24) is 10.3 Å². The maximum absolute atomic E-state index is 14.0. The summed E-state index contributed by atoms with van der Waals surface area (Å²) in [5.41, 5.74) is 2.57. The number of ether oxygens (including phenoxy) is 3. The molecule has 5 rings (SSSR count). The van der Waals surface area contributed by atoms with Crippen LogP contribution in [0.5, 0.6) is 5.75 Å². The summed E-state index contributed by atoms with van der Waals surface area (Å²) in [4.78, 5) is 30.4. The predicted molar refractivity (Wildman–Crippen MR) is 185 cm³/mol. The van der Waals surface area contributed by atoms with Crippen LogP contribution in [0.3, 0.4) is 0 Å². The third kappa shape index (κ3) is 8.86. The lowest BCUT2D eigenvalue weighted by Gasteiger charge is -2.35. The zero-order valence-corrected chi connectivity index (χ0v) is 28.7. The zero-order chi connectivity index (χ0) is 33.2. The molecule has 1 fully saturated rings. The summed E-state index contributed by atoms with van der Waals surface area (Å²) >= 11 is 4.70. The molecule has 4 aromatic rings. The number of sulfonamides is 1. The highest BCUT2D eigenvalue weighted by molar-refractivity contribution is 9.10. The maximum Gasteiger partial charge on any atom is 0.352 e. The van der Waals surface area contributed by atoms with Gasteiger partial charge in [-0.1, -0.05) is 61.2 Å². The van der Waals surface area contributed by atoms with Crippen LogP contribution < -0.4 is 14.4 Å². The molecule has 0 radical (unpaired) electrons. The Balaban J connectivity index is 1.50. The van der Waals surface area contributed by atoms with E-state index in [9.17, 15) is 18.0 Å². The fourth-order valence-electron chi connectivity index (χ4n) is 5.15. The van der Waals surface area contributed by atoms with E-state index in [2.05, 4.69) is 32.8 Å². The minimum absolute atomic E-state index is 0.0156. The van der Waals surface area contributed by atoms with E-state index in [0.717, 1.165) is 11.3 Å². The molecular weight excluding hydrogens is 706 g/mol. The van der Waals surface area contributed by atoms with Crippen LogP contribution >= 0.6 is 27.3 Å². The molecule has 0 unspecified atom stereocenters. The van der Waals surface area contributed by atoms with Crippen molar-refractivity contribution in [3.63, 3.8) is 0 Å². The first-order valence-electron chi connectivity index (χ1n) is 14.9. The molecule has 2 aromatic carbocycles. The van der Waals surface area contributed by atoms with Crippen LogP contribution in [0.25, 0.3) is 10.4 Å². The third-order valence-corrected chi connectivity index (χ3v) is 11.3. The molecule has 0 spiro atoms. The van der Waals surface area contributed by atoms with Crippen molar-refractivity contribution in [3.8, 4) is 16.2 Å². The van der Waals surface area contributed by atoms with Gasteiger partial charge >= 0.3 is 11.9 Å². The van der Waals surface area contributed by atoms with Gasteiger partial charge in [-0.25, -0.2) is 18.0 Å². The van der Waals surface area contributed by atoms with Gasteiger partial charge in [0.15, 0.2) is 17.2 Å². The lowest BCUT2D eigenvalue weighted by Crippen LogP contribution is -2.46. The molecule has 0 amide bonds. The van der Waals surface area contributed by atoms with Crippen molar-refractivity contribution in [2.24, 2.45) is 0 Å². The lowest BCUT2D eigenvalue weighted by molar-refractivity contribution is -0.144. The molecule has 1 aliphatic heterocycles. The normalized spacial score (nSPS) is 13.5. The first-order valence-corrected chi connectivity index (χ1v) is 18.1. The number of hydrogen-bond donors (Lipinski definition) is 1. The van der Waals surface area contributed by atoms with Crippen molar-refractivity contribution in [2.45, 2.75) is 31.2 Å². The standard InChI is InChI=1S/C34H34BrN3O7S2/c1-2-18-43-29(39)22-44-31-30(35)32(46-33(31)34(40)45-21-25-10-7-15-37-20-25)26-11-6-12-28(19-26)38(27-13-16-36-17-14-27)47(41,42)23-24-8-4-3-5-9-24/h2-12,15,19-20,27,36H,1,13-14,16-18,21-23H2. The Hall–Kier alpha value is -4.04. The Morgan fingerprint density at radius 3 is 2.53 bits per heavy atom. The number of carbonyl (C=O) groups is 2. The number of pyridine rings is 1. The van der Waals surface area contributed by atoms with Crippen LogP contribution in [0.2, 0.25) is 0 Å². The number of halogens is 1. The Labute approximate surface area is 286 Å². The molecular formula is C34H34BrN3O7S2. The van der Waals surface area contributed by atoms with Gasteiger partial charge in [-0.05, 0) is 71.2 Å². The van der Waals surface area contributed by atoms with Crippen molar-refractivity contribution in [2.75, 3.05) is 30.6 Å². The molecule has 0 atom stereocenters. The summed E-state index contributed by atoms with van der Waals surface area (Å²) in [6.07, 6.45) is 5.99. The molecule has 0 aliphatic carbocycles. The summed E-state index contributed by atoms with van der Waals surface area (Å²) in [6.45, 7) is 4.50. The number of carbonyl (C=O) groups excluding carboxylic acids is 2. The molecule has 3 heterocycles. The van der Waals surface area contributed by atoms with E-state index >= 15 is 0 Å². The average Bonchev–Trinajstić information content (AvgIpc) is 3.42. The second kappa shape index (κ2) is 16.2. The van der Waals surface area contributed by atoms with Crippen LogP contribution in [0.15, 0.2) is 96.3 Å². The minimum Gasteiger partial charge on any atom is -0.479 e. The molecule has 1 aliphatic rings. The zero-order valence-electron chi connectivity index (χ0n) is 25.5. The Morgan fingerprint density at radius 2 is 1.81 bits per heavy atom. The molecule has 2 aromatic heterocycles. The van der Waals surface area contributed by atoms with Gasteiger partial charge in [-0.3, -0.25) is 9.29 Å². The number of hydrogen-bond acceptors (Lipinski definition) is 10. The summed E-state index contributed by atoms with van der Waals surface area (Å²) in [5.74, 6) is -1.31. The second-order valence-corrected chi connectivity index (χ2v) is 14.3. The number of piperidine rings is 1. The number of thiophene rings is 1. The summed E-state index contributed by atoms with van der Waals surface area (Å²) < 4.78 is 46.5. The van der Waals surface area contributed by atoms with E-state index in [1.165, 1.54) is 6.08 Å². The largest absolute Gasteiger partial charge is 0.479 e. The number of esters is 2. The van der Waals surface area contributed by atoms with Crippen LogP contribution in [0.4, 0.5) is 5.69 Å². The van der Waals surface area contributed by atoms with Gasteiger partial charge in [0, 0.05) is 24.0 Å². The SMILES string of the molecule is C=CCOC(=O)COc1c(C(=O)OCc2cccnc2)sc(-c2cccc(N(C3CCNCC3)S(=O)(=O)Cc3ccccc3)c2)c1Br. The number of aromatic nitrogens is 1. The summed E-state index contributed by atoms with van der Waals surface area (Å²) in [7, 11) is -3.78. The van der Waals surface area contributed by atoms with Gasteiger partial charge in [0.1, 0.15) is 13.2 Å². The van der Waals surface area contributed by atoms with E-state index < -0.39 is 28.6 Å². The smallest absolute Gasteiger partial charge is 0.352 e. The Bertz CT molecular complexity index is 1790. The number of rotatable bonds is 14. The molecule has 13 heteroatoms. The number of nitrogens with one attached hydrogen (secondary N) is 1.